The molecule has 7 nitrogen and oxygen atoms in total. The summed E-state index contributed by atoms with van der Waals surface area (Å²) < 4.78 is 11.5. The zero-order valence-corrected chi connectivity index (χ0v) is 26.0. The van der Waals surface area contributed by atoms with Gasteiger partial charge < -0.3 is 25.4 Å². The lowest BCUT2D eigenvalue weighted by molar-refractivity contribution is -0.142. The highest BCUT2D eigenvalue weighted by molar-refractivity contribution is 9.10. The molecule has 0 saturated heterocycles. The van der Waals surface area contributed by atoms with Crippen LogP contribution in [0.25, 0.3) is 0 Å². The maximum atomic E-state index is 12.5. The van der Waals surface area contributed by atoms with E-state index < -0.39 is 29.7 Å². The molecule has 1 amide bonds. The molecule has 1 unspecified atom stereocenters. The Morgan fingerprint density at radius 1 is 1.20 bits per heavy atom. The molecule has 1 aliphatic heterocycles. The maximum Gasteiger partial charge on any atom is 0.404 e. The van der Waals surface area contributed by atoms with Gasteiger partial charge in [-0.05, 0) is 76.9 Å². The highest BCUT2D eigenvalue weighted by Crippen LogP contribution is 2.40. The number of allylic oxidation sites excluding steroid dienone is 4. The Morgan fingerprint density at radius 3 is 2.61 bits per heavy atom. The number of rotatable bonds is 5. The first-order chi connectivity index (χ1) is 19.3. The number of esters is 1. The number of amides is 1. The van der Waals surface area contributed by atoms with E-state index in [-0.39, 0.29) is 29.6 Å². The van der Waals surface area contributed by atoms with Crippen molar-refractivity contribution >= 4 is 28.0 Å². The fraction of sp³-hybridized carbons (Fsp3) is 0.455. The van der Waals surface area contributed by atoms with Gasteiger partial charge in [0.05, 0.1) is 10.6 Å². The summed E-state index contributed by atoms with van der Waals surface area (Å²) in [6, 6.07) is 4.99. The van der Waals surface area contributed by atoms with Crippen molar-refractivity contribution in [3.8, 4) is 17.6 Å². The molecule has 8 heteroatoms. The minimum Gasteiger partial charge on any atom is -0.507 e. The Morgan fingerprint density at radius 2 is 1.90 bits per heavy atom. The van der Waals surface area contributed by atoms with Crippen LogP contribution in [0, 0.1) is 35.0 Å². The molecule has 1 aromatic rings. The highest BCUT2D eigenvalue weighted by atomic mass is 79.9. The van der Waals surface area contributed by atoms with E-state index in [4.69, 9.17) is 15.2 Å². The van der Waals surface area contributed by atoms with E-state index in [9.17, 15) is 19.8 Å². The maximum absolute atomic E-state index is 12.5. The fourth-order valence-corrected chi connectivity index (χ4v) is 4.98. The van der Waals surface area contributed by atoms with Crippen LogP contribution in [0.1, 0.15) is 65.5 Å². The third-order valence-electron chi connectivity index (χ3n) is 6.95. The second-order valence-corrected chi connectivity index (χ2v) is 12.1. The van der Waals surface area contributed by atoms with Crippen LogP contribution < -0.4 is 5.73 Å². The summed E-state index contributed by atoms with van der Waals surface area (Å²) in [4.78, 5) is 23.9. The lowest BCUT2D eigenvalue weighted by Gasteiger charge is -2.28. The van der Waals surface area contributed by atoms with E-state index in [1.54, 1.807) is 42.5 Å². The number of aromatic hydroxyl groups is 1. The quantitative estimate of drug-likeness (QED) is 0.185. The van der Waals surface area contributed by atoms with Gasteiger partial charge >= 0.3 is 12.1 Å². The van der Waals surface area contributed by atoms with E-state index in [2.05, 4.69) is 27.8 Å². The molecule has 1 aliphatic rings. The number of hydrogen-bond acceptors (Lipinski definition) is 6. The van der Waals surface area contributed by atoms with Gasteiger partial charge in [0.2, 0.25) is 0 Å². The van der Waals surface area contributed by atoms with E-state index in [1.165, 1.54) is 6.08 Å². The number of nitrogens with two attached hydrogens (primary N) is 1. The van der Waals surface area contributed by atoms with Crippen LogP contribution in [-0.2, 0) is 14.3 Å². The summed E-state index contributed by atoms with van der Waals surface area (Å²) in [6.45, 7) is 9.79. The number of aliphatic hydroxyl groups is 1. The monoisotopic (exact) mass is 627 g/mol. The predicted octanol–water partition coefficient (Wildman–Crippen LogP) is 6.91. The molecular weight excluding hydrogens is 586 g/mol. The molecule has 1 heterocycles. The molecule has 0 saturated carbocycles. The molecule has 0 aromatic heterocycles. The number of carbonyl (C=O) groups excluding carboxylic acids is 2. The predicted molar refractivity (Wildman–Crippen MR) is 165 cm³/mol. The van der Waals surface area contributed by atoms with Gasteiger partial charge in [0.25, 0.3) is 0 Å². The van der Waals surface area contributed by atoms with Crippen LogP contribution in [0.2, 0.25) is 0 Å². The zero-order valence-electron chi connectivity index (χ0n) is 24.4. The van der Waals surface area contributed by atoms with Gasteiger partial charge in [0.15, 0.2) is 0 Å². The van der Waals surface area contributed by atoms with Crippen LogP contribution in [0.5, 0.6) is 5.75 Å². The lowest BCUT2D eigenvalue weighted by atomic mass is 9.82. The molecule has 0 bridgehead atoms. The average molecular weight is 629 g/mol. The van der Waals surface area contributed by atoms with Gasteiger partial charge in [-0.2, -0.15) is 0 Å². The molecule has 0 aliphatic carbocycles. The molecule has 0 spiro atoms. The Labute approximate surface area is 252 Å². The second-order valence-electron chi connectivity index (χ2n) is 11.3. The van der Waals surface area contributed by atoms with Crippen LogP contribution >= 0.6 is 15.9 Å². The van der Waals surface area contributed by atoms with Gasteiger partial charge in [-0.3, -0.25) is 0 Å². The standard InChI is InChI=1S/C33H42BrNO6/c1-22-12-10-16-29(37)41-28(24(3)18-17-23(2)21-25(20-22)40-32(35)39)15-8-6-7-9-19-33(4,5)31(38)26-13-11-14-27(36)30(26)34/h8-11,13-19,22-25,28,31,36,38H,12,20-21H2,1-5H3,(H2,35,39)/b15-8+,16-10-,18-17+,19-9+/t22-,23+,24-,25-,28-,31?/m1/s1. The van der Waals surface area contributed by atoms with Crippen molar-refractivity contribution in [3.63, 3.8) is 0 Å². The molecular formula is C33H42BrNO6. The van der Waals surface area contributed by atoms with Crippen molar-refractivity contribution in [2.24, 2.45) is 28.9 Å². The summed E-state index contributed by atoms with van der Waals surface area (Å²) in [5.74, 6) is 5.69. The Bertz CT molecular complexity index is 1220. The molecule has 4 N–H and O–H groups in total. The zero-order chi connectivity index (χ0) is 30.6. The SMILES string of the molecule is C[C@@H]1C/C=C\C(=O)O[C@H](/C=C/C#C/C=C/C(C)(C)C(O)c2cccc(O)c2Br)[C@H](C)/C=C/[C@H](C)C[C@H](OC(N)=O)C1. The smallest absolute Gasteiger partial charge is 0.404 e. The Balaban J connectivity index is 2.15. The van der Waals surface area contributed by atoms with Crippen molar-refractivity contribution in [2.45, 2.75) is 72.2 Å². The van der Waals surface area contributed by atoms with Gasteiger partial charge in [0.1, 0.15) is 18.0 Å². The molecule has 0 fully saturated rings. The molecule has 6 atom stereocenters. The van der Waals surface area contributed by atoms with Gasteiger partial charge in [-0.1, -0.05) is 82.9 Å². The Kier molecular flexibility index (Phi) is 13.4. The van der Waals surface area contributed by atoms with Crippen molar-refractivity contribution in [1.82, 2.24) is 0 Å². The molecule has 0 radical (unpaired) electrons. The second kappa shape index (κ2) is 16.2. The van der Waals surface area contributed by atoms with Crippen LogP contribution in [0.3, 0.4) is 0 Å². The lowest BCUT2D eigenvalue weighted by Crippen LogP contribution is -2.26. The number of primary amides is 1. The summed E-state index contributed by atoms with van der Waals surface area (Å²) in [6.07, 6.45) is 13.6. The number of halogens is 1. The van der Waals surface area contributed by atoms with E-state index in [0.29, 0.717) is 29.3 Å². The number of hydrogen-bond donors (Lipinski definition) is 3. The van der Waals surface area contributed by atoms with Crippen LogP contribution in [-0.4, -0.2) is 34.5 Å². The first-order valence-electron chi connectivity index (χ1n) is 13.8. The Hall–Kier alpha value is -3.28. The summed E-state index contributed by atoms with van der Waals surface area (Å²) in [7, 11) is 0. The normalized spacial score (nSPS) is 26.8. The summed E-state index contributed by atoms with van der Waals surface area (Å²) in [5, 5.41) is 20.8. The minimum absolute atomic E-state index is 0.0645. The van der Waals surface area contributed by atoms with Crippen LogP contribution in [0.15, 0.2) is 71.3 Å². The number of phenols is 1. The third kappa shape index (κ3) is 11.6. The number of benzene rings is 1. The first-order valence-corrected chi connectivity index (χ1v) is 14.6. The van der Waals surface area contributed by atoms with Crippen molar-refractivity contribution in [3.05, 3.63) is 76.8 Å². The fourth-order valence-electron chi connectivity index (χ4n) is 4.50. The summed E-state index contributed by atoms with van der Waals surface area (Å²) in [5.41, 5.74) is 5.21. The number of ether oxygens (including phenoxy) is 2. The highest BCUT2D eigenvalue weighted by Gasteiger charge is 2.28. The van der Waals surface area contributed by atoms with Crippen molar-refractivity contribution in [1.29, 1.82) is 0 Å². The molecule has 222 valence electrons. The van der Waals surface area contributed by atoms with Crippen molar-refractivity contribution in [2.75, 3.05) is 0 Å². The average Bonchev–Trinajstić information content (AvgIpc) is 2.88. The minimum atomic E-state index is -0.870. The molecule has 2 rings (SSSR count). The van der Waals surface area contributed by atoms with E-state index in [1.807, 2.05) is 52.8 Å². The third-order valence-corrected chi connectivity index (χ3v) is 7.81. The summed E-state index contributed by atoms with van der Waals surface area (Å²) >= 11 is 3.34. The molecule has 41 heavy (non-hydrogen) atoms. The largest absolute Gasteiger partial charge is 0.507 e. The van der Waals surface area contributed by atoms with Gasteiger partial charge in [0, 0.05) is 17.4 Å². The number of aliphatic hydroxyl groups excluding tert-OH is 1. The van der Waals surface area contributed by atoms with E-state index >= 15 is 0 Å². The van der Waals surface area contributed by atoms with Gasteiger partial charge in [-0.15, -0.1) is 0 Å². The van der Waals surface area contributed by atoms with Crippen molar-refractivity contribution < 1.29 is 29.3 Å². The van der Waals surface area contributed by atoms with E-state index in [0.717, 1.165) is 0 Å². The topological polar surface area (TPSA) is 119 Å². The first kappa shape index (κ1) is 33.9. The molecule has 1 aromatic carbocycles. The number of phenolic OH excluding ortho intramolecular Hbond substituents is 1. The number of cyclic esters (lactones) is 1. The van der Waals surface area contributed by atoms with Gasteiger partial charge in [-0.25, -0.2) is 9.59 Å². The van der Waals surface area contributed by atoms with Crippen LogP contribution in [0.4, 0.5) is 4.79 Å². The number of carbonyl (C=O) groups is 2.